The molecule has 0 bridgehead atoms. The van der Waals surface area contributed by atoms with Crippen LogP contribution >= 0.6 is 0 Å². The molecule has 1 aliphatic rings. The molecule has 1 aromatic rings. The van der Waals surface area contributed by atoms with E-state index in [9.17, 15) is 14.3 Å². The molecule has 20 heavy (non-hydrogen) atoms. The predicted octanol–water partition coefficient (Wildman–Crippen LogP) is 0.942. The minimum absolute atomic E-state index is 0.222. The van der Waals surface area contributed by atoms with E-state index in [4.69, 9.17) is 9.47 Å². The van der Waals surface area contributed by atoms with E-state index in [2.05, 4.69) is 0 Å². The first-order valence-electron chi connectivity index (χ1n) is 6.37. The lowest BCUT2D eigenvalue weighted by molar-refractivity contribution is -0.146. The molecule has 2 rings (SSSR count). The molecule has 2 atom stereocenters. The van der Waals surface area contributed by atoms with Crippen LogP contribution in [0.4, 0.5) is 4.39 Å². The van der Waals surface area contributed by atoms with Gasteiger partial charge in [0, 0.05) is 25.1 Å². The highest BCUT2D eigenvalue weighted by atomic mass is 19.1. The van der Waals surface area contributed by atoms with Crippen molar-refractivity contribution in [2.24, 2.45) is 0 Å². The summed E-state index contributed by atoms with van der Waals surface area (Å²) in [5.41, 5.74) is 0.423. The van der Waals surface area contributed by atoms with Gasteiger partial charge in [-0.25, -0.2) is 4.39 Å². The van der Waals surface area contributed by atoms with Gasteiger partial charge in [-0.3, -0.25) is 9.69 Å². The van der Waals surface area contributed by atoms with Crippen LogP contribution < -0.4 is 4.74 Å². The SMILES string of the molecule is COC(=O)[C@H]1C[C@@H](O)CN1Cc1cc(OC)ccc1F. The third-order valence-electron chi connectivity index (χ3n) is 3.48. The fourth-order valence-corrected chi connectivity index (χ4v) is 2.45. The Kier molecular flexibility index (Phi) is 4.57. The van der Waals surface area contributed by atoms with Crippen LogP contribution in [0.2, 0.25) is 0 Å². The zero-order valence-electron chi connectivity index (χ0n) is 11.5. The molecule has 0 aliphatic carbocycles. The Morgan fingerprint density at radius 2 is 2.25 bits per heavy atom. The maximum Gasteiger partial charge on any atom is 0.323 e. The topological polar surface area (TPSA) is 59.0 Å². The Hall–Kier alpha value is -1.66. The Morgan fingerprint density at radius 3 is 2.90 bits per heavy atom. The van der Waals surface area contributed by atoms with Crippen LogP contribution in [0.15, 0.2) is 18.2 Å². The van der Waals surface area contributed by atoms with E-state index in [-0.39, 0.29) is 12.4 Å². The number of benzene rings is 1. The van der Waals surface area contributed by atoms with Crippen molar-refractivity contribution in [3.8, 4) is 5.75 Å². The largest absolute Gasteiger partial charge is 0.497 e. The molecule has 5 nitrogen and oxygen atoms in total. The van der Waals surface area contributed by atoms with Crippen LogP contribution in [0, 0.1) is 5.82 Å². The second-order valence-electron chi connectivity index (χ2n) is 4.82. The number of likely N-dealkylation sites (tertiary alicyclic amines) is 1. The number of ether oxygens (including phenoxy) is 2. The summed E-state index contributed by atoms with van der Waals surface area (Å²) < 4.78 is 23.6. The van der Waals surface area contributed by atoms with Crippen molar-refractivity contribution in [2.75, 3.05) is 20.8 Å². The summed E-state index contributed by atoms with van der Waals surface area (Å²) in [5, 5.41) is 9.69. The van der Waals surface area contributed by atoms with Crippen molar-refractivity contribution in [2.45, 2.75) is 25.1 Å². The number of carbonyl (C=O) groups is 1. The van der Waals surface area contributed by atoms with Gasteiger partial charge in [-0.05, 0) is 18.2 Å². The molecule has 1 aliphatic heterocycles. The smallest absolute Gasteiger partial charge is 0.323 e. The fourth-order valence-electron chi connectivity index (χ4n) is 2.45. The summed E-state index contributed by atoms with van der Waals surface area (Å²) in [6, 6.07) is 3.91. The summed E-state index contributed by atoms with van der Waals surface area (Å²) in [4.78, 5) is 13.4. The quantitative estimate of drug-likeness (QED) is 0.834. The lowest BCUT2D eigenvalue weighted by atomic mass is 10.1. The summed E-state index contributed by atoms with van der Waals surface area (Å²) in [6.45, 7) is 0.538. The number of esters is 1. The molecule has 1 saturated heterocycles. The minimum atomic E-state index is -0.604. The van der Waals surface area contributed by atoms with Crippen molar-refractivity contribution in [1.29, 1.82) is 0 Å². The van der Waals surface area contributed by atoms with Gasteiger partial charge in [-0.15, -0.1) is 0 Å². The number of hydrogen-bond donors (Lipinski definition) is 1. The standard InChI is InChI=1S/C14H18FNO4/c1-19-11-3-4-12(15)9(5-11)7-16-8-10(17)6-13(16)14(18)20-2/h3-5,10,13,17H,6-8H2,1-2H3/t10-,13-/m1/s1. The number of rotatable bonds is 4. The van der Waals surface area contributed by atoms with Gasteiger partial charge < -0.3 is 14.6 Å². The van der Waals surface area contributed by atoms with Crippen molar-refractivity contribution in [3.63, 3.8) is 0 Å². The van der Waals surface area contributed by atoms with E-state index in [1.165, 1.54) is 26.4 Å². The van der Waals surface area contributed by atoms with Crippen molar-refractivity contribution in [1.82, 2.24) is 4.90 Å². The molecule has 0 amide bonds. The predicted molar refractivity (Wildman–Crippen MR) is 69.8 cm³/mol. The van der Waals surface area contributed by atoms with Gasteiger partial charge >= 0.3 is 5.97 Å². The van der Waals surface area contributed by atoms with Gasteiger partial charge in [-0.1, -0.05) is 0 Å². The number of aliphatic hydroxyl groups excluding tert-OH is 1. The lowest BCUT2D eigenvalue weighted by Gasteiger charge is -2.22. The number of nitrogens with zero attached hydrogens (tertiary/aromatic N) is 1. The maximum atomic E-state index is 13.8. The van der Waals surface area contributed by atoms with Crippen molar-refractivity contribution >= 4 is 5.97 Å². The molecule has 1 aromatic carbocycles. The zero-order chi connectivity index (χ0) is 14.7. The molecule has 0 aromatic heterocycles. The number of methoxy groups -OCH3 is 2. The molecular weight excluding hydrogens is 265 g/mol. The summed E-state index contributed by atoms with van der Waals surface area (Å²) >= 11 is 0. The van der Waals surface area contributed by atoms with Crippen LogP contribution in [0.3, 0.4) is 0 Å². The lowest BCUT2D eigenvalue weighted by Crippen LogP contribution is -2.36. The van der Waals surface area contributed by atoms with Gasteiger partial charge in [0.25, 0.3) is 0 Å². The summed E-state index contributed by atoms with van der Waals surface area (Å²) in [7, 11) is 2.81. The highest BCUT2D eigenvalue weighted by molar-refractivity contribution is 5.76. The molecule has 1 heterocycles. The van der Waals surface area contributed by atoms with Gasteiger partial charge in [0.1, 0.15) is 17.6 Å². The third kappa shape index (κ3) is 3.08. The van der Waals surface area contributed by atoms with E-state index < -0.39 is 18.1 Å². The molecule has 110 valence electrons. The second kappa shape index (κ2) is 6.19. The monoisotopic (exact) mass is 283 g/mol. The molecule has 6 heteroatoms. The Bertz CT molecular complexity index is 494. The van der Waals surface area contributed by atoms with E-state index in [0.29, 0.717) is 24.3 Å². The number of halogens is 1. The van der Waals surface area contributed by atoms with Crippen LogP contribution in [-0.4, -0.2) is 48.9 Å². The average molecular weight is 283 g/mol. The molecule has 1 fully saturated rings. The molecule has 0 unspecified atom stereocenters. The molecule has 1 N–H and O–H groups in total. The number of hydrogen-bond acceptors (Lipinski definition) is 5. The highest BCUT2D eigenvalue weighted by Gasteiger charge is 2.36. The van der Waals surface area contributed by atoms with Crippen molar-refractivity contribution in [3.05, 3.63) is 29.6 Å². The van der Waals surface area contributed by atoms with Gasteiger partial charge in [0.05, 0.1) is 20.3 Å². The summed E-state index contributed by atoms with van der Waals surface area (Å²) in [5.74, 6) is -0.226. The van der Waals surface area contributed by atoms with Gasteiger partial charge in [-0.2, -0.15) is 0 Å². The molecule has 0 saturated carbocycles. The summed E-state index contributed by atoms with van der Waals surface area (Å²) in [6.07, 6.45) is -0.300. The Labute approximate surface area is 116 Å². The first-order chi connectivity index (χ1) is 9.55. The minimum Gasteiger partial charge on any atom is -0.497 e. The fraction of sp³-hybridized carbons (Fsp3) is 0.500. The second-order valence-corrected chi connectivity index (χ2v) is 4.82. The molecule has 0 radical (unpaired) electrons. The van der Waals surface area contributed by atoms with Crippen molar-refractivity contribution < 1.29 is 23.8 Å². The van der Waals surface area contributed by atoms with Crippen LogP contribution in [0.5, 0.6) is 5.75 Å². The normalized spacial score (nSPS) is 22.8. The maximum absolute atomic E-state index is 13.8. The highest BCUT2D eigenvalue weighted by Crippen LogP contribution is 2.24. The average Bonchev–Trinajstić information content (AvgIpc) is 2.81. The number of aliphatic hydroxyl groups is 1. The zero-order valence-corrected chi connectivity index (χ0v) is 11.5. The van der Waals surface area contributed by atoms with E-state index >= 15 is 0 Å². The van der Waals surface area contributed by atoms with E-state index in [1.807, 2.05) is 0 Å². The van der Waals surface area contributed by atoms with Gasteiger partial charge in [0.2, 0.25) is 0 Å². The van der Waals surface area contributed by atoms with E-state index in [1.54, 1.807) is 11.0 Å². The first kappa shape index (κ1) is 14.7. The van der Waals surface area contributed by atoms with Crippen LogP contribution in [0.25, 0.3) is 0 Å². The molecular formula is C14H18FNO4. The van der Waals surface area contributed by atoms with Crippen LogP contribution in [0.1, 0.15) is 12.0 Å². The Balaban J connectivity index is 2.17. The first-order valence-corrected chi connectivity index (χ1v) is 6.37. The molecule has 0 spiro atoms. The number of β-amino-alcohol motifs (C(OH)–C–C–N with tert-alkyl or cyclic N) is 1. The van der Waals surface area contributed by atoms with E-state index in [0.717, 1.165) is 0 Å². The number of carbonyl (C=O) groups excluding carboxylic acids is 1. The van der Waals surface area contributed by atoms with Crippen LogP contribution in [-0.2, 0) is 16.1 Å². The Morgan fingerprint density at radius 1 is 1.50 bits per heavy atom. The van der Waals surface area contributed by atoms with Gasteiger partial charge in [0.15, 0.2) is 0 Å². The third-order valence-corrected chi connectivity index (χ3v) is 3.48.